The smallest absolute Gasteiger partial charge is 0.226 e. The Morgan fingerprint density at radius 3 is 2.75 bits per heavy atom. The van der Waals surface area contributed by atoms with E-state index in [1.54, 1.807) is 0 Å². The number of hydrogen-bond donors (Lipinski definition) is 1. The number of piperidine rings is 1. The third-order valence-corrected chi connectivity index (χ3v) is 3.95. The number of benzene rings is 1. The molecule has 0 aliphatic carbocycles. The summed E-state index contributed by atoms with van der Waals surface area (Å²) in [6.07, 6.45) is 1.52. The van der Waals surface area contributed by atoms with Gasteiger partial charge in [0.05, 0.1) is 19.1 Å². The molecule has 1 aromatic carbocycles. The van der Waals surface area contributed by atoms with Gasteiger partial charge in [0.25, 0.3) is 0 Å². The highest BCUT2D eigenvalue weighted by molar-refractivity contribution is 5.76. The van der Waals surface area contributed by atoms with E-state index in [1.807, 2.05) is 36.9 Å². The van der Waals surface area contributed by atoms with Crippen LogP contribution in [0.25, 0.3) is 0 Å². The zero-order valence-electron chi connectivity index (χ0n) is 12.3. The van der Waals surface area contributed by atoms with Gasteiger partial charge in [-0.3, -0.25) is 4.79 Å². The van der Waals surface area contributed by atoms with Gasteiger partial charge in [0.1, 0.15) is 5.75 Å². The van der Waals surface area contributed by atoms with Crippen LogP contribution < -0.4 is 4.74 Å². The SMILES string of the molecule is Cc1cccc(OCCC(=O)N2CCC(O)CC2)c1C. The van der Waals surface area contributed by atoms with E-state index in [4.69, 9.17) is 4.74 Å². The Bertz CT molecular complexity index is 465. The largest absolute Gasteiger partial charge is 0.493 e. The molecule has 1 amide bonds. The van der Waals surface area contributed by atoms with Crippen molar-refractivity contribution in [3.63, 3.8) is 0 Å². The van der Waals surface area contributed by atoms with Gasteiger partial charge in [0.15, 0.2) is 0 Å². The van der Waals surface area contributed by atoms with Crippen LogP contribution in [-0.2, 0) is 4.79 Å². The second-order valence-corrected chi connectivity index (χ2v) is 5.41. The van der Waals surface area contributed by atoms with Gasteiger partial charge in [-0.2, -0.15) is 0 Å². The normalized spacial score (nSPS) is 16.2. The van der Waals surface area contributed by atoms with Crippen LogP contribution in [0, 0.1) is 13.8 Å². The Morgan fingerprint density at radius 2 is 2.05 bits per heavy atom. The van der Waals surface area contributed by atoms with Crippen molar-refractivity contribution in [1.82, 2.24) is 4.90 Å². The molecular weight excluding hydrogens is 254 g/mol. The molecule has 20 heavy (non-hydrogen) atoms. The second kappa shape index (κ2) is 6.75. The van der Waals surface area contributed by atoms with Crippen LogP contribution in [0.5, 0.6) is 5.75 Å². The van der Waals surface area contributed by atoms with E-state index in [2.05, 4.69) is 0 Å². The summed E-state index contributed by atoms with van der Waals surface area (Å²) in [7, 11) is 0. The zero-order chi connectivity index (χ0) is 14.5. The number of aliphatic hydroxyl groups is 1. The van der Waals surface area contributed by atoms with Crippen LogP contribution in [0.1, 0.15) is 30.4 Å². The number of amides is 1. The van der Waals surface area contributed by atoms with E-state index in [-0.39, 0.29) is 12.0 Å². The lowest BCUT2D eigenvalue weighted by Crippen LogP contribution is -2.40. The molecule has 0 atom stereocenters. The summed E-state index contributed by atoms with van der Waals surface area (Å²) in [5.41, 5.74) is 2.32. The lowest BCUT2D eigenvalue weighted by Gasteiger charge is -2.29. The van der Waals surface area contributed by atoms with Gasteiger partial charge < -0.3 is 14.7 Å². The van der Waals surface area contributed by atoms with E-state index in [0.717, 1.165) is 11.3 Å². The number of carbonyl (C=O) groups excluding carboxylic acids is 1. The van der Waals surface area contributed by atoms with Gasteiger partial charge in [-0.1, -0.05) is 12.1 Å². The van der Waals surface area contributed by atoms with Crippen molar-refractivity contribution in [2.75, 3.05) is 19.7 Å². The lowest BCUT2D eigenvalue weighted by molar-refractivity contribution is -0.133. The van der Waals surface area contributed by atoms with Gasteiger partial charge in [-0.05, 0) is 43.9 Å². The molecule has 2 rings (SSSR count). The minimum atomic E-state index is -0.245. The number of carbonyl (C=O) groups is 1. The van der Waals surface area contributed by atoms with Crippen LogP contribution in [-0.4, -0.2) is 41.7 Å². The summed E-state index contributed by atoms with van der Waals surface area (Å²) in [5, 5.41) is 9.43. The molecule has 0 saturated carbocycles. The van der Waals surface area contributed by atoms with Gasteiger partial charge in [0, 0.05) is 13.1 Å². The van der Waals surface area contributed by atoms with Gasteiger partial charge in [-0.25, -0.2) is 0 Å². The van der Waals surface area contributed by atoms with Crippen LogP contribution in [0.4, 0.5) is 0 Å². The minimum Gasteiger partial charge on any atom is -0.493 e. The molecule has 0 bridgehead atoms. The van der Waals surface area contributed by atoms with E-state index in [1.165, 1.54) is 5.56 Å². The predicted octanol–water partition coefficient (Wildman–Crippen LogP) is 2.06. The van der Waals surface area contributed by atoms with Crippen molar-refractivity contribution in [2.24, 2.45) is 0 Å². The molecule has 0 spiro atoms. The maximum atomic E-state index is 12.0. The monoisotopic (exact) mass is 277 g/mol. The molecule has 4 heteroatoms. The van der Waals surface area contributed by atoms with E-state index < -0.39 is 0 Å². The van der Waals surface area contributed by atoms with Crippen molar-refractivity contribution < 1.29 is 14.6 Å². The molecule has 0 radical (unpaired) electrons. The Balaban J connectivity index is 1.78. The highest BCUT2D eigenvalue weighted by atomic mass is 16.5. The fourth-order valence-corrected chi connectivity index (χ4v) is 2.40. The molecular formula is C16H23NO3. The average Bonchev–Trinajstić information content (AvgIpc) is 2.44. The Morgan fingerprint density at radius 1 is 1.35 bits per heavy atom. The van der Waals surface area contributed by atoms with Crippen molar-refractivity contribution in [3.05, 3.63) is 29.3 Å². The minimum absolute atomic E-state index is 0.113. The van der Waals surface area contributed by atoms with Crippen LogP contribution in [0.2, 0.25) is 0 Å². The molecule has 1 fully saturated rings. The number of likely N-dealkylation sites (tertiary alicyclic amines) is 1. The van der Waals surface area contributed by atoms with E-state index in [9.17, 15) is 9.90 Å². The molecule has 1 heterocycles. The molecule has 1 aromatic rings. The molecule has 110 valence electrons. The van der Waals surface area contributed by atoms with Crippen LogP contribution >= 0.6 is 0 Å². The Hall–Kier alpha value is -1.55. The van der Waals surface area contributed by atoms with E-state index >= 15 is 0 Å². The van der Waals surface area contributed by atoms with Crippen LogP contribution in [0.3, 0.4) is 0 Å². The number of aryl methyl sites for hydroxylation is 1. The zero-order valence-corrected chi connectivity index (χ0v) is 12.3. The fourth-order valence-electron chi connectivity index (χ4n) is 2.40. The Labute approximate surface area is 120 Å². The Kier molecular flexibility index (Phi) is 5.01. The highest BCUT2D eigenvalue weighted by Gasteiger charge is 2.20. The van der Waals surface area contributed by atoms with Gasteiger partial charge in [-0.15, -0.1) is 0 Å². The second-order valence-electron chi connectivity index (χ2n) is 5.41. The quantitative estimate of drug-likeness (QED) is 0.916. The molecule has 1 aliphatic heterocycles. The van der Waals surface area contributed by atoms with Crippen molar-refractivity contribution >= 4 is 5.91 Å². The number of rotatable bonds is 4. The topological polar surface area (TPSA) is 49.8 Å². The molecule has 1 saturated heterocycles. The van der Waals surface area contributed by atoms with Crippen LogP contribution in [0.15, 0.2) is 18.2 Å². The molecule has 0 unspecified atom stereocenters. The summed E-state index contributed by atoms with van der Waals surface area (Å²) in [6, 6.07) is 5.95. The first-order chi connectivity index (χ1) is 9.58. The molecule has 1 N–H and O–H groups in total. The number of hydrogen-bond acceptors (Lipinski definition) is 3. The first kappa shape index (κ1) is 14.9. The standard InChI is InChI=1S/C16H23NO3/c1-12-4-3-5-15(13(12)2)20-11-8-16(19)17-9-6-14(18)7-10-17/h3-5,14,18H,6-11H2,1-2H3. The maximum Gasteiger partial charge on any atom is 0.226 e. The fraction of sp³-hybridized carbons (Fsp3) is 0.562. The third kappa shape index (κ3) is 3.73. The highest BCUT2D eigenvalue weighted by Crippen LogP contribution is 2.20. The first-order valence-electron chi connectivity index (χ1n) is 7.23. The number of ether oxygens (including phenoxy) is 1. The van der Waals surface area contributed by atoms with Crippen molar-refractivity contribution in [3.8, 4) is 5.75 Å². The number of aliphatic hydroxyl groups excluding tert-OH is 1. The molecule has 1 aliphatic rings. The van der Waals surface area contributed by atoms with Crippen molar-refractivity contribution in [2.45, 2.75) is 39.2 Å². The molecule has 4 nitrogen and oxygen atoms in total. The summed E-state index contributed by atoms with van der Waals surface area (Å²) in [6.45, 7) is 5.79. The van der Waals surface area contributed by atoms with Gasteiger partial charge in [0.2, 0.25) is 5.91 Å². The summed E-state index contributed by atoms with van der Waals surface area (Å²) >= 11 is 0. The summed E-state index contributed by atoms with van der Waals surface area (Å²) in [4.78, 5) is 13.8. The summed E-state index contributed by atoms with van der Waals surface area (Å²) in [5.74, 6) is 0.967. The van der Waals surface area contributed by atoms with E-state index in [0.29, 0.717) is 39.0 Å². The van der Waals surface area contributed by atoms with Crippen molar-refractivity contribution in [1.29, 1.82) is 0 Å². The maximum absolute atomic E-state index is 12.0. The summed E-state index contributed by atoms with van der Waals surface area (Å²) < 4.78 is 5.70. The first-order valence-corrected chi connectivity index (χ1v) is 7.23. The predicted molar refractivity (Wildman–Crippen MR) is 77.8 cm³/mol. The molecule has 0 aromatic heterocycles. The number of nitrogens with zero attached hydrogens (tertiary/aromatic N) is 1. The lowest BCUT2D eigenvalue weighted by atomic mass is 10.1. The van der Waals surface area contributed by atoms with Gasteiger partial charge >= 0.3 is 0 Å². The third-order valence-electron chi connectivity index (χ3n) is 3.95. The average molecular weight is 277 g/mol.